The van der Waals surface area contributed by atoms with Gasteiger partial charge in [-0.25, -0.2) is 27.5 Å². The molecule has 1 atom stereocenters. The molecular weight excluding hydrogens is 420 g/mol. The van der Waals surface area contributed by atoms with Crippen molar-refractivity contribution in [2.24, 2.45) is 0 Å². The van der Waals surface area contributed by atoms with Gasteiger partial charge in [-0.05, 0) is 31.5 Å². The number of hydrogen-bond acceptors (Lipinski definition) is 7. The molecular formula is C17H15ClN6O4S. The summed E-state index contributed by atoms with van der Waals surface area (Å²) in [7, 11) is -4.27. The Labute approximate surface area is 171 Å². The molecule has 2 heterocycles. The van der Waals surface area contributed by atoms with Crippen LogP contribution in [0.25, 0.3) is 0 Å². The van der Waals surface area contributed by atoms with E-state index in [0.717, 1.165) is 0 Å². The SMILES string of the molecule is Cc1c(Cl)ccc2c1S(=O)(=O)N(CC(=O)N[C@@H](C)c1cnc(C#N)nc1)C(=O)N2. The number of aromatic nitrogens is 2. The zero-order valence-corrected chi connectivity index (χ0v) is 16.9. The Morgan fingerprint density at radius 1 is 1.38 bits per heavy atom. The zero-order valence-electron chi connectivity index (χ0n) is 15.3. The molecule has 2 N–H and O–H groups in total. The molecule has 0 bridgehead atoms. The number of urea groups is 1. The van der Waals surface area contributed by atoms with Crippen molar-refractivity contribution in [1.29, 1.82) is 5.26 Å². The van der Waals surface area contributed by atoms with Gasteiger partial charge >= 0.3 is 6.03 Å². The van der Waals surface area contributed by atoms with Crippen LogP contribution in [0.15, 0.2) is 29.4 Å². The number of halogens is 1. The maximum absolute atomic E-state index is 12.9. The molecule has 0 spiro atoms. The molecule has 0 radical (unpaired) electrons. The summed E-state index contributed by atoms with van der Waals surface area (Å²) in [6.07, 6.45) is 2.75. The molecule has 12 heteroatoms. The molecule has 10 nitrogen and oxygen atoms in total. The number of hydrogen-bond donors (Lipinski definition) is 2. The molecule has 0 saturated heterocycles. The second-order valence-electron chi connectivity index (χ2n) is 6.23. The summed E-state index contributed by atoms with van der Waals surface area (Å²) in [5.41, 5.74) is 0.894. The Bertz CT molecular complexity index is 1140. The minimum Gasteiger partial charge on any atom is -0.348 e. The Morgan fingerprint density at radius 2 is 2.03 bits per heavy atom. The van der Waals surface area contributed by atoms with Gasteiger partial charge in [0.1, 0.15) is 17.5 Å². The summed E-state index contributed by atoms with van der Waals surface area (Å²) in [4.78, 5) is 32.2. The van der Waals surface area contributed by atoms with Gasteiger partial charge in [0, 0.05) is 23.0 Å². The number of nitrogens with zero attached hydrogens (tertiary/aromatic N) is 4. The second-order valence-corrected chi connectivity index (χ2v) is 8.44. The van der Waals surface area contributed by atoms with Gasteiger partial charge in [0.15, 0.2) is 0 Å². The molecule has 1 aliphatic rings. The lowest BCUT2D eigenvalue weighted by molar-refractivity contribution is -0.121. The van der Waals surface area contributed by atoms with Crippen LogP contribution in [0.1, 0.15) is 29.9 Å². The predicted molar refractivity (Wildman–Crippen MR) is 102 cm³/mol. The number of carbonyl (C=O) groups is 2. The summed E-state index contributed by atoms with van der Waals surface area (Å²) in [5, 5.41) is 14.0. The zero-order chi connectivity index (χ0) is 21.3. The van der Waals surface area contributed by atoms with Crippen LogP contribution in [0, 0.1) is 18.3 Å². The van der Waals surface area contributed by atoms with Crippen molar-refractivity contribution in [1.82, 2.24) is 19.6 Å². The van der Waals surface area contributed by atoms with Crippen LogP contribution >= 0.6 is 11.6 Å². The predicted octanol–water partition coefficient (Wildman–Crippen LogP) is 1.72. The van der Waals surface area contributed by atoms with Crippen molar-refractivity contribution >= 4 is 39.2 Å². The fourth-order valence-corrected chi connectivity index (χ4v) is 4.65. The van der Waals surface area contributed by atoms with E-state index in [0.29, 0.717) is 9.87 Å². The van der Waals surface area contributed by atoms with Crippen molar-refractivity contribution in [3.05, 3.63) is 46.5 Å². The Balaban J connectivity index is 1.80. The third-order valence-corrected chi connectivity index (χ3v) is 6.62. The molecule has 0 aliphatic carbocycles. The molecule has 0 saturated carbocycles. The minimum atomic E-state index is -4.27. The first-order valence-corrected chi connectivity index (χ1v) is 10.1. The fraction of sp³-hybridized carbons (Fsp3) is 0.235. The van der Waals surface area contributed by atoms with Gasteiger partial charge in [0.25, 0.3) is 10.0 Å². The molecule has 3 amide bonds. The molecule has 0 fully saturated rings. The number of amides is 3. The monoisotopic (exact) mass is 434 g/mol. The first-order valence-electron chi connectivity index (χ1n) is 8.29. The smallest absolute Gasteiger partial charge is 0.336 e. The molecule has 1 aromatic heterocycles. The number of sulfonamides is 1. The molecule has 29 heavy (non-hydrogen) atoms. The maximum Gasteiger partial charge on any atom is 0.336 e. The first-order chi connectivity index (χ1) is 13.6. The number of nitrogens with one attached hydrogen (secondary N) is 2. The van der Waals surface area contributed by atoms with Crippen molar-refractivity contribution in [2.45, 2.75) is 24.8 Å². The highest BCUT2D eigenvalue weighted by Gasteiger charge is 2.39. The molecule has 1 aliphatic heterocycles. The summed E-state index contributed by atoms with van der Waals surface area (Å²) in [6.45, 7) is 2.43. The molecule has 3 rings (SSSR count). The Hall–Kier alpha value is -3.23. The summed E-state index contributed by atoms with van der Waals surface area (Å²) >= 11 is 6.01. The molecule has 150 valence electrons. The number of carbonyl (C=O) groups excluding carboxylic acids is 2. The van der Waals surface area contributed by atoms with Crippen LogP contribution < -0.4 is 10.6 Å². The fourth-order valence-electron chi connectivity index (χ4n) is 2.77. The van der Waals surface area contributed by atoms with E-state index >= 15 is 0 Å². The van der Waals surface area contributed by atoms with Crippen LogP contribution in [0.4, 0.5) is 10.5 Å². The van der Waals surface area contributed by atoms with Crippen LogP contribution in [-0.4, -0.2) is 41.2 Å². The average Bonchev–Trinajstić information content (AvgIpc) is 2.67. The van der Waals surface area contributed by atoms with Gasteiger partial charge < -0.3 is 10.6 Å². The highest BCUT2D eigenvalue weighted by molar-refractivity contribution is 7.90. The quantitative estimate of drug-likeness (QED) is 0.744. The largest absolute Gasteiger partial charge is 0.348 e. The lowest BCUT2D eigenvalue weighted by Crippen LogP contribution is -2.49. The van der Waals surface area contributed by atoms with Gasteiger partial charge in [-0.1, -0.05) is 11.6 Å². The number of rotatable bonds is 4. The van der Waals surface area contributed by atoms with Gasteiger partial charge in [-0.3, -0.25) is 4.79 Å². The second kappa shape index (κ2) is 7.65. The van der Waals surface area contributed by atoms with Gasteiger partial charge in [0.05, 0.1) is 11.7 Å². The van der Waals surface area contributed by atoms with Crippen LogP contribution in [0.2, 0.25) is 5.02 Å². The van der Waals surface area contributed by atoms with Crippen LogP contribution in [0.3, 0.4) is 0 Å². The summed E-state index contributed by atoms with van der Waals surface area (Å²) < 4.78 is 26.3. The highest BCUT2D eigenvalue weighted by Crippen LogP contribution is 2.35. The van der Waals surface area contributed by atoms with Crippen molar-refractivity contribution < 1.29 is 18.0 Å². The third-order valence-electron chi connectivity index (χ3n) is 4.29. The van der Waals surface area contributed by atoms with E-state index in [-0.39, 0.29) is 27.0 Å². The van der Waals surface area contributed by atoms with E-state index in [2.05, 4.69) is 20.6 Å². The summed E-state index contributed by atoms with van der Waals surface area (Å²) in [5.74, 6) is -0.722. The standard InChI is InChI=1S/C17H15ClN6O4S/c1-9-12(18)3-4-13-16(9)29(27,28)24(17(26)23-13)8-15(25)22-10(2)11-6-20-14(5-19)21-7-11/h3-4,6-7,10H,8H2,1-2H3,(H,22,25)(H,23,26)/t10-/m0/s1. The van der Waals surface area contributed by atoms with Gasteiger partial charge in [-0.2, -0.15) is 5.26 Å². The van der Waals surface area contributed by atoms with E-state index in [9.17, 15) is 18.0 Å². The summed E-state index contributed by atoms with van der Waals surface area (Å²) in [6, 6.07) is 3.14. The van der Waals surface area contributed by atoms with E-state index in [1.54, 1.807) is 13.0 Å². The number of fused-ring (bicyclic) bond motifs is 1. The normalized spacial score (nSPS) is 15.7. The number of nitriles is 1. The average molecular weight is 435 g/mol. The lowest BCUT2D eigenvalue weighted by Gasteiger charge is -2.29. The van der Waals surface area contributed by atoms with Gasteiger partial charge in [-0.15, -0.1) is 0 Å². The molecule has 1 aromatic carbocycles. The highest BCUT2D eigenvalue weighted by atomic mass is 35.5. The lowest BCUT2D eigenvalue weighted by atomic mass is 10.2. The molecule has 0 unspecified atom stereocenters. The van der Waals surface area contributed by atoms with Crippen molar-refractivity contribution in [2.75, 3.05) is 11.9 Å². The Morgan fingerprint density at radius 3 is 2.66 bits per heavy atom. The molecule has 2 aromatic rings. The minimum absolute atomic E-state index is 0.0175. The van der Waals surface area contributed by atoms with E-state index in [4.69, 9.17) is 16.9 Å². The van der Waals surface area contributed by atoms with E-state index in [1.165, 1.54) is 31.5 Å². The number of anilines is 1. The van der Waals surface area contributed by atoms with E-state index in [1.807, 2.05) is 0 Å². The van der Waals surface area contributed by atoms with Crippen LogP contribution in [-0.2, 0) is 14.8 Å². The first kappa shape index (κ1) is 20.5. The van der Waals surface area contributed by atoms with Gasteiger partial charge in [0.2, 0.25) is 11.7 Å². The maximum atomic E-state index is 12.9. The van der Waals surface area contributed by atoms with Crippen molar-refractivity contribution in [3.63, 3.8) is 0 Å². The topological polar surface area (TPSA) is 145 Å². The Kier molecular flexibility index (Phi) is 5.41. The number of benzene rings is 1. The van der Waals surface area contributed by atoms with E-state index < -0.39 is 34.5 Å². The third kappa shape index (κ3) is 3.85. The van der Waals surface area contributed by atoms with Crippen molar-refractivity contribution in [3.8, 4) is 6.07 Å². The van der Waals surface area contributed by atoms with Crippen LogP contribution in [0.5, 0.6) is 0 Å².